The van der Waals surface area contributed by atoms with Gasteiger partial charge in [0, 0.05) is 0 Å². The highest BCUT2D eigenvalue weighted by Crippen LogP contribution is 2.20. The zero-order chi connectivity index (χ0) is 12.1. The maximum atomic E-state index is 8.87. The minimum atomic E-state index is 0.0127. The molecule has 0 saturated carbocycles. The minimum Gasteiger partial charge on any atom is -0.276 e. The van der Waals surface area contributed by atoms with Crippen LogP contribution >= 0.6 is 11.6 Å². The fraction of sp³-hybridized carbons (Fsp3) is 0. The average Bonchev–Trinajstić information content (AvgIpc) is 2.86. The number of nitriles is 1. The van der Waals surface area contributed by atoms with E-state index in [9.17, 15) is 0 Å². The summed E-state index contributed by atoms with van der Waals surface area (Å²) >= 11 is 5.91. The van der Waals surface area contributed by atoms with Crippen LogP contribution < -0.4 is 5.43 Å². The maximum Gasteiger partial charge on any atom is 0.235 e. The lowest BCUT2D eigenvalue weighted by Crippen LogP contribution is -2.04. The van der Waals surface area contributed by atoms with Crippen molar-refractivity contribution >= 4 is 23.0 Å². The third kappa shape index (κ3) is 2.56. The Bertz CT molecular complexity index is 569. The summed E-state index contributed by atoms with van der Waals surface area (Å²) in [6.45, 7) is 0. The molecule has 17 heavy (non-hydrogen) atoms. The fourth-order valence-corrected chi connectivity index (χ4v) is 1.23. The van der Waals surface area contributed by atoms with Crippen LogP contribution in [0.1, 0.15) is 5.82 Å². The van der Waals surface area contributed by atoms with E-state index in [2.05, 4.69) is 31.2 Å². The number of benzene rings is 1. The summed E-state index contributed by atoms with van der Waals surface area (Å²) in [5, 5.41) is 26.1. The highest BCUT2D eigenvalue weighted by molar-refractivity contribution is 6.33. The zero-order valence-corrected chi connectivity index (χ0v) is 9.18. The standard InChI is InChI=1S/C9H6ClN7/c10-6-3-1-2-4-7(6)12-13-8(5-11)9-14-16-17-15-9/h1-4,12H,(H,14,15,16,17)/b13-8+. The van der Waals surface area contributed by atoms with Gasteiger partial charge in [0.2, 0.25) is 11.5 Å². The molecule has 0 spiro atoms. The van der Waals surface area contributed by atoms with Gasteiger partial charge in [-0.05, 0) is 17.3 Å². The van der Waals surface area contributed by atoms with Gasteiger partial charge >= 0.3 is 0 Å². The molecule has 0 unspecified atom stereocenters. The van der Waals surface area contributed by atoms with Crippen LogP contribution in [0.3, 0.4) is 0 Å². The van der Waals surface area contributed by atoms with Gasteiger partial charge in [0.25, 0.3) is 0 Å². The van der Waals surface area contributed by atoms with Crippen molar-refractivity contribution in [3.63, 3.8) is 0 Å². The number of hydrazone groups is 1. The van der Waals surface area contributed by atoms with Crippen molar-refractivity contribution < 1.29 is 0 Å². The number of para-hydroxylation sites is 1. The van der Waals surface area contributed by atoms with Crippen LogP contribution in [0.25, 0.3) is 0 Å². The molecular weight excluding hydrogens is 242 g/mol. The van der Waals surface area contributed by atoms with Crippen LogP contribution in [0.15, 0.2) is 29.4 Å². The molecule has 0 amide bonds. The molecule has 0 atom stereocenters. The summed E-state index contributed by atoms with van der Waals surface area (Å²) in [4.78, 5) is 0. The predicted octanol–water partition coefficient (Wildman–Crippen LogP) is 1.19. The van der Waals surface area contributed by atoms with Crippen LogP contribution in [0, 0.1) is 11.3 Å². The van der Waals surface area contributed by atoms with Gasteiger partial charge in [-0.2, -0.15) is 15.6 Å². The largest absolute Gasteiger partial charge is 0.276 e. The summed E-state index contributed by atoms with van der Waals surface area (Å²) in [5.41, 5.74) is 3.27. The fourth-order valence-electron chi connectivity index (χ4n) is 1.06. The summed E-state index contributed by atoms with van der Waals surface area (Å²) in [5.74, 6) is 0.118. The van der Waals surface area contributed by atoms with Gasteiger partial charge < -0.3 is 0 Å². The van der Waals surface area contributed by atoms with E-state index in [0.717, 1.165) is 0 Å². The number of rotatable bonds is 3. The molecule has 2 rings (SSSR count). The van der Waals surface area contributed by atoms with Crippen molar-refractivity contribution in [1.29, 1.82) is 5.26 Å². The molecule has 1 aromatic heterocycles. The van der Waals surface area contributed by atoms with Crippen LogP contribution in [-0.4, -0.2) is 26.3 Å². The lowest BCUT2D eigenvalue weighted by atomic mass is 10.3. The van der Waals surface area contributed by atoms with Crippen LogP contribution in [0.5, 0.6) is 0 Å². The smallest absolute Gasteiger partial charge is 0.235 e. The molecule has 8 heteroatoms. The number of hydrogen-bond donors (Lipinski definition) is 2. The van der Waals surface area contributed by atoms with Crippen molar-refractivity contribution in [3.8, 4) is 6.07 Å². The number of nitrogens with one attached hydrogen (secondary N) is 2. The minimum absolute atomic E-state index is 0.0127. The van der Waals surface area contributed by atoms with Gasteiger partial charge in [0.05, 0.1) is 10.7 Å². The van der Waals surface area contributed by atoms with E-state index in [0.29, 0.717) is 10.7 Å². The maximum absolute atomic E-state index is 8.87. The molecule has 0 aliphatic carbocycles. The highest BCUT2D eigenvalue weighted by Gasteiger charge is 2.07. The Balaban J connectivity index is 2.21. The molecule has 0 aliphatic heterocycles. The molecule has 7 nitrogen and oxygen atoms in total. The first kappa shape index (κ1) is 11.0. The van der Waals surface area contributed by atoms with Crippen LogP contribution in [0.4, 0.5) is 5.69 Å². The van der Waals surface area contributed by atoms with E-state index in [1.165, 1.54) is 0 Å². The molecule has 84 valence electrons. The molecule has 1 heterocycles. The Hall–Kier alpha value is -2.46. The molecule has 2 aromatic rings. The second kappa shape index (κ2) is 5.05. The number of nitrogens with zero attached hydrogens (tertiary/aromatic N) is 5. The Kier molecular flexibility index (Phi) is 3.28. The number of tetrazole rings is 1. The number of halogens is 1. The molecule has 0 bridgehead atoms. The van der Waals surface area contributed by atoms with Gasteiger partial charge in [-0.3, -0.25) is 5.43 Å². The summed E-state index contributed by atoms with van der Waals surface area (Å²) < 4.78 is 0. The molecule has 1 aromatic carbocycles. The predicted molar refractivity (Wildman–Crippen MR) is 61.4 cm³/mol. The first-order valence-corrected chi connectivity index (χ1v) is 4.91. The average molecular weight is 248 g/mol. The number of anilines is 1. The van der Waals surface area contributed by atoms with E-state index < -0.39 is 0 Å². The quantitative estimate of drug-likeness (QED) is 0.626. The van der Waals surface area contributed by atoms with Gasteiger partial charge in [-0.1, -0.05) is 23.7 Å². The Morgan fingerprint density at radius 1 is 1.47 bits per heavy atom. The van der Waals surface area contributed by atoms with E-state index in [-0.39, 0.29) is 11.5 Å². The summed E-state index contributed by atoms with van der Waals surface area (Å²) in [6.07, 6.45) is 0. The molecule has 2 N–H and O–H groups in total. The van der Waals surface area contributed by atoms with E-state index in [1.807, 2.05) is 6.07 Å². The Morgan fingerprint density at radius 3 is 2.94 bits per heavy atom. The lowest BCUT2D eigenvalue weighted by Gasteiger charge is -2.01. The summed E-state index contributed by atoms with van der Waals surface area (Å²) in [6, 6.07) is 8.88. The number of aromatic nitrogens is 4. The molecule has 0 aliphatic rings. The van der Waals surface area contributed by atoms with Crippen molar-refractivity contribution in [2.75, 3.05) is 5.43 Å². The highest BCUT2D eigenvalue weighted by atomic mass is 35.5. The molecule has 0 radical (unpaired) electrons. The van der Waals surface area contributed by atoms with Gasteiger partial charge in [0.1, 0.15) is 6.07 Å². The second-order valence-electron chi connectivity index (χ2n) is 2.90. The van der Waals surface area contributed by atoms with Gasteiger partial charge in [0.15, 0.2) is 0 Å². The first-order chi connectivity index (χ1) is 8.31. The molecule has 0 fully saturated rings. The van der Waals surface area contributed by atoms with Crippen LogP contribution in [0.2, 0.25) is 5.02 Å². The van der Waals surface area contributed by atoms with Crippen molar-refractivity contribution in [3.05, 3.63) is 35.1 Å². The van der Waals surface area contributed by atoms with Crippen LogP contribution in [-0.2, 0) is 0 Å². The molecular formula is C9H6ClN7. The first-order valence-electron chi connectivity index (χ1n) is 4.53. The normalized spacial score (nSPS) is 10.9. The van der Waals surface area contributed by atoms with Gasteiger partial charge in [-0.25, -0.2) is 0 Å². The second-order valence-corrected chi connectivity index (χ2v) is 3.31. The van der Waals surface area contributed by atoms with E-state index >= 15 is 0 Å². The number of hydrogen-bond acceptors (Lipinski definition) is 6. The molecule has 0 saturated heterocycles. The van der Waals surface area contributed by atoms with Crippen molar-refractivity contribution in [2.24, 2.45) is 5.10 Å². The van der Waals surface area contributed by atoms with Gasteiger partial charge in [-0.15, -0.1) is 10.2 Å². The monoisotopic (exact) mass is 247 g/mol. The topological polar surface area (TPSA) is 103 Å². The van der Waals surface area contributed by atoms with Crippen molar-refractivity contribution in [1.82, 2.24) is 20.6 Å². The number of aromatic amines is 1. The third-order valence-electron chi connectivity index (χ3n) is 1.83. The van der Waals surface area contributed by atoms with Crippen molar-refractivity contribution in [2.45, 2.75) is 0 Å². The van der Waals surface area contributed by atoms with E-state index in [1.54, 1.807) is 24.3 Å². The van der Waals surface area contributed by atoms with E-state index in [4.69, 9.17) is 16.9 Å². The lowest BCUT2D eigenvalue weighted by molar-refractivity contribution is 0.881. The SMILES string of the molecule is N#C/C(=N\Nc1ccccc1Cl)c1nn[nH]n1. The zero-order valence-electron chi connectivity index (χ0n) is 8.42. The third-order valence-corrected chi connectivity index (χ3v) is 2.15. The summed E-state index contributed by atoms with van der Waals surface area (Å²) in [7, 11) is 0. The Labute approximate surface area is 101 Å². The Morgan fingerprint density at radius 2 is 2.29 bits per heavy atom. The number of H-pyrrole nitrogens is 1.